The summed E-state index contributed by atoms with van der Waals surface area (Å²) in [5.41, 5.74) is 2.81. The molecule has 3 rings (SSSR count). The number of halogens is 1. The normalized spacial score (nSPS) is 16.2. The van der Waals surface area contributed by atoms with Gasteiger partial charge in [0.1, 0.15) is 18.2 Å². The number of aliphatic hydroxyl groups excluding tert-OH is 1. The highest BCUT2D eigenvalue weighted by molar-refractivity contribution is 5.63. The number of benzene rings is 1. The Morgan fingerprint density at radius 3 is 2.91 bits per heavy atom. The van der Waals surface area contributed by atoms with Crippen LogP contribution in [0, 0.1) is 5.82 Å². The number of pyridine rings is 1. The van der Waals surface area contributed by atoms with Gasteiger partial charge in [-0.25, -0.2) is 4.39 Å². The molecule has 0 spiro atoms. The van der Waals surface area contributed by atoms with E-state index >= 15 is 0 Å². The lowest BCUT2D eigenvalue weighted by atomic mass is 10.0. The van der Waals surface area contributed by atoms with Crippen molar-refractivity contribution in [2.45, 2.75) is 19.4 Å². The molecule has 0 saturated heterocycles. The Balaban J connectivity index is 1.91. The Bertz CT molecular complexity index is 676. The predicted octanol–water partition coefficient (Wildman–Crippen LogP) is 2.41. The first-order chi connectivity index (χ1) is 11.2. The highest BCUT2D eigenvalue weighted by atomic mass is 19.1. The second-order valence-corrected chi connectivity index (χ2v) is 5.66. The number of rotatable bonds is 5. The highest BCUT2D eigenvalue weighted by Crippen LogP contribution is 2.32. The van der Waals surface area contributed by atoms with Crippen LogP contribution in [0.5, 0.6) is 5.88 Å². The smallest absolute Gasteiger partial charge is 0.239 e. The van der Waals surface area contributed by atoms with Crippen molar-refractivity contribution in [2.24, 2.45) is 0 Å². The van der Waals surface area contributed by atoms with E-state index in [0.29, 0.717) is 31.3 Å². The third kappa shape index (κ3) is 3.71. The lowest BCUT2D eigenvalue weighted by Crippen LogP contribution is -2.29. The summed E-state index contributed by atoms with van der Waals surface area (Å²) in [5, 5.41) is 15.5. The first-order valence-electron chi connectivity index (χ1n) is 7.68. The van der Waals surface area contributed by atoms with Crippen LogP contribution in [0.3, 0.4) is 0 Å². The van der Waals surface area contributed by atoms with Crippen LogP contribution in [0.25, 0.3) is 0 Å². The van der Waals surface area contributed by atoms with Crippen LogP contribution < -0.4 is 15.4 Å². The van der Waals surface area contributed by atoms with Crippen molar-refractivity contribution >= 4 is 11.5 Å². The van der Waals surface area contributed by atoms with Crippen molar-refractivity contribution in [2.75, 3.05) is 30.4 Å². The second kappa shape index (κ2) is 6.83. The van der Waals surface area contributed by atoms with Gasteiger partial charge < -0.3 is 20.5 Å². The molecule has 23 heavy (non-hydrogen) atoms. The minimum atomic E-state index is -0.250. The maximum atomic E-state index is 13.1. The van der Waals surface area contributed by atoms with Crippen LogP contribution in [-0.2, 0) is 6.42 Å². The molecule has 2 heterocycles. The summed E-state index contributed by atoms with van der Waals surface area (Å²) < 4.78 is 18.7. The third-order valence-corrected chi connectivity index (χ3v) is 3.65. The van der Waals surface area contributed by atoms with Crippen LogP contribution in [0.15, 0.2) is 30.3 Å². The fraction of sp³-hybridized carbons (Fsp3) is 0.353. The average Bonchev–Trinajstić information content (AvgIpc) is 2.55. The standard InChI is InChI=1S/C17H20FN3O2/c1-11-10-23-17-15(20-11)9-13(16(21-17)19-6-7-22)8-12-2-4-14(18)5-3-12/h2-5,9,11,20,22H,6-8,10H2,1H3,(H,19,21). The maximum absolute atomic E-state index is 13.1. The molecule has 6 heteroatoms. The fourth-order valence-electron chi connectivity index (χ4n) is 2.55. The van der Waals surface area contributed by atoms with Crippen LogP contribution in [-0.4, -0.2) is 35.9 Å². The number of nitrogens with zero attached hydrogens (tertiary/aromatic N) is 1. The summed E-state index contributed by atoms with van der Waals surface area (Å²) in [6.45, 7) is 3.04. The lowest BCUT2D eigenvalue weighted by molar-refractivity contribution is 0.280. The van der Waals surface area contributed by atoms with Crippen molar-refractivity contribution in [1.29, 1.82) is 0 Å². The van der Waals surface area contributed by atoms with Gasteiger partial charge in [0, 0.05) is 18.5 Å². The molecule has 1 atom stereocenters. The molecule has 1 aromatic carbocycles. The zero-order valence-corrected chi connectivity index (χ0v) is 13.0. The number of anilines is 2. The second-order valence-electron chi connectivity index (χ2n) is 5.66. The van der Waals surface area contributed by atoms with Gasteiger partial charge >= 0.3 is 0 Å². The van der Waals surface area contributed by atoms with E-state index in [1.54, 1.807) is 12.1 Å². The van der Waals surface area contributed by atoms with E-state index in [0.717, 1.165) is 16.8 Å². The minimum Gasteiger partial charge on any atom is -0.474 e. The van der Waals surface area contributed by atoms with Crippen LogP contribution in [0.2, 0.25) is 0 Å². The number of ether oxygens (including phenoxy) is 1. The van der Waals surface area contributed by atoms with E-state index in [1.165, 1.54) is 12.1 Å². The zero-order chi connectivity index (χ0) is 16.2. The van der Waals surface area contributed by atoms with E-state index < -0.39 is 0 Å². The van der Waals surface area contributed by atoms with Crippen molar-refractivity contribution in [1.82, 2.24) is 4.98 Å². The molecule has 0 radical (unpaired) electrons. The summed E-state index contributed by atoms with van der Waals surface area (Å²) in [5.74, 6) is 0.990. The Kier molecular flexibility index (Phi) is 4.62. The summed E-state index contributed by atoms with van der Waals surface area (Å²) in [7, 11) is 0. The predicted molar refractivity (Wildman–Crippen MR) is 87.6 cm³/mol. The number of aromatic nitrogens is 1. The highest BCUT2D eigenvalue weighted by Gasteiger charge is 2.19. The van der Waals surface area contributed by atoms with E-state index in [4.69, 9.17) is 9.84 Å². The van der Waals surface area contributed by atoms with E-state index in [2.05, 4.69) is 15.6 Å². The van der Waals surface area contributed by atoms with Gasteiger partial charge in [0.05, 0.1) is 18.3 Å². The molecule has 0 bridgehead atoms. The van der Waals surface area contributed by atoms with Crippen molar-refractivity contribution in [3.8, 4) is 5.88 Å². The number of hydrogen-bond donors (Lipinski definition) is 3. The van der Waals surface area contributed by atoms with Gasteiger partial charge in [0.15, 0.2) is 0 Å². The monoisotopic (exact) mass is 317 g/mol. The van der Waals surface area contributed by atoms with E-state index in [-0.39, 0.29) is 18.5 Å². The molecule has 0 saturated carbocycles. The van der Waals surface area contributed by atoms with Gasteiger partial charge in [-0.05, 0) is 30.7 Å². The lowest BCUT2D eigenvalue weighted by Gasteiger charge is -2.25. The molecule has 0 fully saturated rings. The molecule has 3 N–H and O–H groups in total. The molecule has 1 aliphatic heterocycles. The molecule has 5 nitrogen and oxygen atoms in total. The van der Waals surface area contributed by atoms with Gasteiger partial charge in [0.2, 0.25) is 5.88 Å². The summed E-state index contributed by atoms with van der Waals surface area (Å²) in [6.07, 6.45) is 0.615. The summed E-state index contributed by atoms with van der Waals surface area (Å²) in [4.78, 5) is 4.52. The largest absolute Gasteiger partial charge is 0.474 e. The van der Waals surface area contributed by atoms with Gasteiger partial charge in [-0.15, -0.1) is 0 Å². The van der Waals surface area contributed by atoms with Crippen LogP contribution in [0.1, 0.15) is 18.1 Å². The first-order valence-corrected chi connectivity index (χ1v) is 7.68. The molecule has 1 aliphatic rings. The first kappa shape index (κ1) is 15.6. The Hall–Kier alpha value is -2.34. The summed E-state index contributed by atoms with van der Waals surface area (Å²) >= 11 is 0. The molecule has 0 aliphatic carbocycles. The number of hydrogen-bond acceptors (Lipinski definition) is 5. The Morgan fingerprint density at radius 2 is 2.17 bits per heavy atom. The number of fused-ring (bicyclic) bond motifs is 1. The van der Waals surface area contributed by atoms with E-state index in [1.807, 2.05) is 13.0 Å². The number of aliphatic hydroxyl groups is 1. The fourth-order valence-corrected chi connectivity index (χ4v) is 2.55. The molecule has 2 aromatic rings. The molecule has 122 valence electrons. The van der Waals surface area contributed by atoms with Gasteiger partial charge in [-0.2, -0.15) is 4.98 Å². The van der Waals surface area contributed by atoms with Crippen molar-refractivity contribution in [3.05, 3.63) is 47.3 Å². The molecule has 1 aromatic heterocycles. The van der Waals surface area contributed by atoms with Gasteiger partial charge in [0.25, 0.3) is 0 Å². The Labute approximate surface area is 134 Å². The summed E-state index contributed by atoms with van der Waals surface area (Å²) in [6, 6.07) is 8.64. The van der Waals surface area contributed by atoms with E-state index in [9.17, 15) is 4.39 Å². The molecular weight excluding hydrogens is 297 g/mol. The number of nitrogens with one attached hydrogen (secondary N) is 2. The van der Waals surface area contributed by atoms with Crippen LogP contribution >= 0.6 is 0 Å². The maximum Gasteiger partial charge on any atom is 0.239 e. The quantitative estimate of drug-likeness (QED) is 0.790. The van der Waals surface area contributed by atoms with Gasteiger partial charge in [-0.3, -0.25) is 0 Å². The topological polar surface area (TPSA) is 66.4 Å². The zero-order valence-electron chi connectivity index (χ0n) is 13.0. The SMILES string of the molecule is CC1COc2nc(NCCO)c(Cc3ccc(F)cc3)cc2N1. The molecular formula is C17H20FN3O2. The van der Waals surface area contributed by atoms with Crippen molar-refractivity contribution < 1.29 is 14.2 Å². The molecule has 0 amide bonds. The Morgan fingerprint density at radius 1 is 1.39 bits per heavy atom. The average molecular weight is 317 g/mol. The minimum absolute atomic E-state index is 0.0187. The van der Waals surface area contributed by atoms with Crippen molar-refractivity contribution in [3.63, 3.8) is 0 Å². The van der Waals surface area contributed by atoms with Gasteiger partial charge in [-0.1, -0.05) is 12.1 Å². The third-order valence-electron chi connectivity index (χ3n) is 3.65. The van der Waals surface area contributed by atoms with Crippen LogP contribution in [0.4, 0.5) is 15.9 Å². The molecule has 1 unspecified atom stereocenters.